The summed E-state index contributed by atoms with van der Waals surface area (Å²) in [5.74, 6) is 0.263. The second kappa shape index (κ2) is 15.8. The topological polar surface area (TPSA) is 107 Å². The summed E-state index contributed by atoms with van der Waals surface area (Å²) in [6.45, 7) is 4.77. The molecular formula is C47H45N5O6. The first-order chi connectivity index (χ1) is 28.3. The number of hydrogen-bond donors (Lipinski definition) is 1. The van der Waals surface area contributed by atoms with Gasteiger partial charge in [0.25, 0.3) is 17.7 Å². The predicted octanol–water partition coefficient (Wildman–Crippen LogP) is 6.41. The Balaban J connectivity index is 1.12. The number of phenolic OH excluding ortho intramolecular Hbond substituents is 1. The number of fused-ring (bicyclic) bond motifs is 3. The molecular weight excluding hydrogens is 731 g/mol. The van der Waals surface area contributed by atoms with Gasteiger partial charge in [0.15, 0.2) is 6.61 Å². The molecule has 58 heavy (non-hydrogen) atoms. The van der Waals surface area contributed by atoms with Gasteiger partial charge >= 0.3 is 0 Å². The lowest BCUT2D eigenvalue weighted by molar-refractivity contribution is -0.134. The fraction of sp³-hybridized carbons (Fsp3) is 0.255. The number of hydrogen-bond acceptors (Lipinski definition) is 7. The van der Waals surface area contributed by atoms with Crippen molar-refractivity contribution in [1.82, 2.24) is 19.1 Å². The monoisotopic (exact) mass is 775 g/mol. The second-order valence-corrected chi connectivity index (χ2v) is 15.3. The van der Waals surface area contributed by atoms with Crippen LogP contribution in [0.1, 0.15) is 43.0 Å². The first kappa shape index (κ1) is 37.2. The molecule has 0 bridgehead atoms. The Kier molecular flexibility index (Phi) is 10.1. The Morgan fingerprint density at radius 1 is 0.776 bits per heavy atom. The van der Waals surface area contributed by atoms with Crippen LogP contribution in [0.15, 0.2) is 121 Å². The van der Waals surface area contributed by atoms with E-state index in [1.807, 2.05) is 88.3 Å². The van der Waals surface area contributed by atoms with Crippen LogP contribution in [0.5, 0.6) is 11.5 Å². The number of amides is 3. The average Bonchev–Trinajstić information content (AvgIpc) is 3.87. The minimum absolute atomic E-state index is 0.0741. The van der Waals surface area contributed by atoms with E-state index in [0.717, 1.165) is 42.7 Å². The lowest BCUT2D eigenvalue weighted by atomic mass is 9.91. The fourth-order valence-corrected chi connectivity index (χ4v) is 8.50. The van der Waals surface area contributed by atoms with Crippen molar-refractivity contribution in [2.75, 3.05) is 51.4 Å². The summed E-state index contributed by atoms with van der Waals surface area (Å²) >= 11 is 0. The summed E-state index contributed by atoms with van der Waals surface area (Å²) in [5.41, 5.74) is 7.93. The predicted molar refractivity (Wildman–Crippen MR) is 221 cm³/mol. The van der Waals surface area contributed by atoms with Crippen LogP contribution in [-0.2, 0) is 35.6 Å². The smallest absolute Gasteiger partial charge is 0.261 e. The largest absolute Gasteiger partial charge is 0.508 e. The molecule has 11 heteroatoms. The number of carbonyl (C=O) groups excluding carboxylic acids is 3. The second-order valence-electron chi connectivity index (χ2n) is 15.3. The van der Waals surface area contributed by atoms with Gasteiger partial charge in [0.2, 0.25) is 0 Å². The molecule has 1 saturated heterocycles. The third kappa shape index (κ3) is 7.30. The van der Waals surface area contributed by atoms with Crippen LogP contribution in [0.4, 0.5) is 5.69 Å². The zero-order valence-electron chi connectivity index (χ0n) is 32.4. The highest BCUT2D eigenvalue weighted by Gasteiger charge is 2.35. The molecule has 6 aromatic rings. The standard InChI is InChI=1S/C47H45N5O6/c1-48(36-14-16-38(53)17-15-36)46(55)42-26-44(51-18-8-7-13-43(42)51)40-24-34-27-50(45(54)31-58-39-11-3-2-4-12-39)28-35(34)25-41(40)47(56)52-29-33-10-6-5-9-32(33)23-37(52)30-49-19-21-57-22-20-49/h2-18,24-26,37,53H,19-23,27-31H2,1H3/t37-/m0/s1. The van der Waals surface area contributed by atoms with Gasteiger partial charge in [-0.3, -0.25) is 19.3 Å². The SMILES string of the molecule is CN(C(=O)c1cc(-c2cc3c(cc2C(=O)N2Cc4ccccc4C[C@H]2CN2CCOCC2)CN(C(=O)COc2ccccc2)C3)n2ccccc12)c1ccc(O)cc1. The van der Waals surface area contributed by atoms with E-state index in [9.17, 15) is 14.7 Å². The number of benzene rings is 4. The van der Waals surface area contributed by atoms with Crippen molar-refractivity contribution < 1.29 is 29.0 Å². The summed E-state index contributed by atoms with van der Waals surface area (Å²) < 4.78 is 13.5. The van der Waals surface area contributed by atoms with Crippen LogP contribution < -0.4 is 9.64 Å². The zero-order chi connectivity index (χ0) is 39.8. The lowest BCUT2D eigenvalue weighted by Crippen LogP contribution is -2.52. The van der Waals surface area contributed by atoms with Gasteiger partial charge in [-0.25, -0.2) is 0 Å². The van der Waals surface area contributed by atoms with E-state index >= 15 is 4.79 Å². The highest BCUT2D eigenvalue weighted by molar-refractivity contribution is 6.12. The van der Waals surface area contributed by atoms with Crippen molar-refractivity contribution in [3.63, 3.8) is 0 Å². The van der Waals surface area contributed by atoms with E-state index in [0.29, 0.717) is 72.2 Å². The van der Waals surface area contributed by atoms with Gasteiger partial charge in [-0.15, -0.1) is 0 Å². The van der Waals surface area contributed by atoms with E-state index < -0.39 is 0 Å². The summed E-state index contributed by atoms with van der Waals surface area (Å²) in [6.07, 6.45) is 2.65. The molecule has 0 radical (unpaired) electrons. The minimum atomic E-state index is -0.233. The Morgan fingerprint density at radius 2 is 1.48 bits per heavy atom. The molecule has 0 unspecified atom stereocenters. The molecule has 11 nitrogen and oxygen atoms in total. The van der Waals surface area contributed by atoms with Gasteiger partial charge in [0, 0.05) is 75.4 Å². The van der Waals surface area contributed by atoms with Gasteiger partial charge in [-0.05, 0) is 95.4 Å². The number of para-hydroxylation sites is 1. The van der Waals surface area contributed by atoms with E-state index in [4.69, 9.17) is 9.47 Å². The van der Waals surface area contributed by atoms with Crippen LogP contribution >= 0.6 is 0 Å². The zero-order valence-corrected chi connectivity index (χ0v) is 32.4. The number of pyridine rings is 1. The number of morpholine rings is 1. The third-order valence-electron chi connectivity index (χ3n) is 11.7. The number of carbonyl (C=O) groups is 3. The Morgan fingerprint density at radius 3 is 2.26 bits per heavy atom. The van der Waals surface area contributed by atoms with Crippen molar-refractivity contribution in [2.24, 2.45) is 0 Å². The van der Waals surface area contributed by atoms with Gasteiger partial charge in [0.1, 0.15) is 11.5 Å². The van der Waals surface area contributed by atoms with Gasteiger partial charge in [0.05, 0.1) is 30.0 Å². The molecule has 5 heterocycles. The number of ether oxygens (including phenoxy) is 2. The third-order valence-corrected chi connectivity index (χ3v) is 11.7. The van der Waals surface area contributed by atoms with Crippen LogP contribution in [0, 0.1) is 0 Å². The van der Waals surface area contributed by atoms with E-state index in [2.05, 4.69) is 23.1 Å². The van der Waals surface area contributed by atoms with Crippen molar-refractivity contribution >= 4 is 28.9 Å². The Labute approximate surface area is 337 Å². The normalized spacial score (nSPS) is 16.5. The first-order valence-electron chi connectivity index (χ1n) is 19.8. The summed E-state index contributed by atoms with van der Waals surface area (Å²) in [4.78, 5) is 51.0. The number of aromatic hydroxyl groups is 1. The molecule has 0 saturated carbocycles. The fourth-order valence-electron chi connectivity index (χ4n) is 8.50. The Bertz CT molecular complexity index is 2490. The van der Waals surface area contributed by atoms with E-state index in [1.54, 1.807) is 41.1 Å². The molecule has 3 amide bonds. The highest BCUT2D eigenvalue weighted by Crippen LogP contribution is 2.37. The maximum absolute atomic E-state index is 15.4. The van der Waals surface area contributed by atoms with Crippen molar-refractivity contribution in [1.29, 1.82) is 0 Å². The van der Waals surface area contributed by atoms with E-state index in [1.165, 1.54) is 5.56 Å². The molecule has 294 valence electrons. The molecule has 4 aromatic carbocycles. The Hall–Kier alpha value is -6.43. The molecule has 3 aliphatic rings. The number of nitrogens with zero attached hydrogens (tertiary/aromatic N) is 5. The molecule has 0 spiro atoms. The number of rotatable bonds is 9. The maximum atomic E-state index is 15.4. The molecule has 1 fully saturated rings. The van der Waals surface area contributed by atoms with E-state index in [-0.39, 0.29) is 36.1 Å². The van der Waals surface area contributed by atoms with Crippen molar-refractivity contribution in [2.45, 2.75) is 32.1 Å². The average molecular weight is 776 g/mol. The molecule has 0 aliphatic carbocycles. The summed E-state index contributed by atoms with van der Waals surface area (Å²) in [5, 5.41) is 9.89. The van der Waals surface area contributed by atoms with Crippen molar-refractivity contribution in [3.8, 4) is 22.8 Å². The quantitative estimate of drug-likeness (QED) is 0.181. The first-order valence-corrected chi connectivity index (χ1v) is 19.8. The minimum Gasteiger partial charge on any atom is -0.508 e. The molecule has 1 atom stereocenters. The van der Waals surface area contributed by atoms with Crippen LogP contribution in [0.2, 0.25) is 0 Å². The van der Waals surface area contributed by atoms with Crippen molar-refractivity contribution in [3.05, 3.63) is 155 Å². The summed E-state index contributed by atoms with van der Waals surface area (Å²) in [7, 11) is 1.71. The van der Waals surface area contributed by atoms with Crippen LogP contribution in [-0.4, -0.2) is 94.5 Å². The summed E-state index contributed by atoms with van der Waals surface area (Å²) in [6, 6.07) is 35.7. The number of aromatic nitrogens is 1. The lowest BCUT2D eigenvalue weighted by Gasteiger charge is -2.40. The van der Waals surface area contributed by atoms with Gasteiger partial charge < -0.3 is 33.7 Å². The maximum Gasteiger partial charge on any atom is 0.261 e. The highest BCUT2D eigenvalue weighted by atomic mass is 16.5. The molecule has 2 aromatic heterocycles. The molecule has 3 aliphatic heterocycles. The number of phenols is 1. The number of anilines is 1. The van der Waals surface area contributed by atoms with Crippen LogP contribution in [0.25, 0.3) is 16.8 Å². The van der Waals surface area contributed by atoms with Crippen LogP contribution in [0.3, 0.4) is 0 Å². The molecule has 1 N–H and O–H groups in total. The van der Waals surface area contributed by atoms with Gasteiger partial charge in [-0.1, -0.05) is 48.5 Å². The molecule has 9 rings (SSSR count). The van der Waals surface area contributed by atoms with Gasteiger partial charge in [-0.2, -0.15) is 0 Å².